The lowest BCUT2D eigenvalue weighted by molar-refractivity contribution is -0.109. The molecule has 1 aromatic rings. The van der Waals surface area contributed by atoms with Gasteiger partial charge in [-0.3, -0.25) is 0 Å². The van der Waals surface area contributed by atoms with E-state index in [-0.39, 0.29) is 11.2 Å². The Morgan fingerprint density at radius 3 is 2.65 bits per heavy atom. The highest BCUT2D eigenvalue weighted by Crippen LogP contribution is 2.56. The van der Waals surface area contributed by atoms with Crippen molar-refractivity contribution in [3.8, 4) is 0 Å². The van der Waals surface area contributed by atoms with Gasteiger partial charge in [-0.25, -0.2) is 4.39 Å². The molecule has 1 saturated carbocycles. The first-order valence-corrected chi connectivity index (χ1v) is 7.73. The van der Waals surface area contributed by atoms with Crippen LogP contribution < -0.4 is 5.73 Å². The van der Waals surface area contributed by atoms with Crippen LogP contribution in [0.15, 0.2) is 18.2 Å². The Morgan fingerprint density at radius 1 is 1.30 bits per heavy atom. The van der Waals surface area contributed by atoms with Gasteiger partial charge in [0.15, 0.2) is 0 Å². The third kappa shape index (κ3) is 1.83. The number of fused-ring (bicyclic) bond motifs is 1. The number of hydrogen-bond acceptors (Lipinski definition) is 2. The Balaban J connectivity index is 2.03. The van der Waals surface area contributed by atoms with Gasteiger partial charge in [0, 0.05) is 12.0 Å². The summed E-state index contributed by atoms with van der Waals surface area (Å²) in [5.74, 6) is 0.515. The zero-order valence-corrected chi connectivity index (χ0v) is 12.2. The van der Waals surface area contributed by atoms with E-state index in [0.29, 0.717) is 30.9 Å². The fourth-order valence-corrected chi connectivity index (χ4v) is 4.29. The molecule has 0 saturated heterocycles. The van der Waals surface area contributed by atoms with Crippen LogP contribution in [-0.4, -0.2) is 11.7 Å². The molecule has 1 aromatic carbocycles. The fourth-order valence-electron chi connectivity index (χ4n) is 4.29. The first kappa shape index (κ1) is 14.0. The van der Waals surface area contributed by atoms with Crippen LogP contribution in [0.2, 0.25) is 0 Å². The lowest BCUT2D eigenvalue weighted by Gasteiger charge is -2.49. The van der Waals surface area contributed by atoms with Gasteiger partial charge in [0.25, 0.3) is 0 Å². The average Bonchev–Trinajstić information content (AvgIpc) is 2.81. The van der Waals surface area contributed by atoms with Crippen molar-refractivity contribution in [1.29, 1.82) is 0 Å². The van der Waals surface area contributed by atoms with Crippen LogP contribution in [0.25, 0.3) is 0 Å². The van der Waals surface area contributed by atoms with Gasteiger partial charge in [0.05, 0.1) is 5.60 Å². The van der Waals surface area contributed by atoms with Crippen LogP contribution in [0, 0.1) is 17.2 Å². The Hall–Kier alpha value is -0.930. The van der Waals surface area contributed by atoms with Gasteiger partial charge in [0.2, 0.25) is 0 Å². The highest BCUT2D eigenvalue weighted by molar-refractivity contribution is 5.40. The van der Waals surface area contributed by atoms with E-state index in [1.165, 1.54) is 6.07 Å². The Kier molecular flexibility index (Phi) is 3.38. The topological polar surface area (TPSA) is 46.2 Å². The molecule has 0 aliphatic heterocycles. The van der Waals surface area contributed by atoms with Gasteiger partial charge in [-0.2, -0.15) is 0 Å². The molecule has 110 valence electrons. The molecule has 1 unspecified atom stereocenters. The number of benzene rings is 1. The fraction of sp³-hybridized carbons (Fsp3) is 0.647. The summed E-state index contributed by atoms with van der Waals surface area (Å²) in [6, 6.07) is 5.09. The van der Waals surface area contributed by atoms with Crippen LogP contribution in [0.1, 0.15) is 50.2 Å². The molecule has 1 atom stereocenters. The minimum Gasteiger partial charge on any atom is -0.385 e. The van der Waals surface area contributed by atoms with E-state index in [9.17, 15) is 9.50 Å². The second-order valence-electron chi connectivity index (χ2n) is 6.79. The van der Waals surface area contributed by atoms with E-state index in [1.807, 2.05) is 6.07 Å². The highest BCUT2D eigenvalue weighted by atomic mass is 19.1. The summed E-state index contributed by atoms with van der Waals surface area (Å²) in [7, 11) is 0. The molecule has 0 radical (unpaired) electrons. The Bertz CT molecular complexity index is 508. The molecule has 3 N–H and O–H groups in total. The summed E-state index contributed by atoms with van der Waals surface area (Å²) in [4.78, 5) is 0. The molecule has 20 heavy (non-hydrogen) atoms. The number of nitrogens with two attached hydrogens (primary N) is 1. The van der Waals surface area contributed by atoms with E-state index >= 15 is 0 Å². The monoisotopic (exact) mass is 277 g/mol. The second kappa shape index (κ2) is 4.81. The van der Waals surface area contributed by atoms with Crippen molar-refractivity contribution in [3.05, 3.63) is 35.1 Å². The summed E-state index contributed by atoms with van der Waals surface area (Å²) >= 11 is 0. The first-order valence-electron chi connectivity index (χ1n) is 7.73. The number of hydrogen-bond donors (Lipinski definition) is 2. The predicted octanol–water partition coefficient (Wildman–Crippen LogP) is 3.11. The third-order valence-electron chi connectivity index (χ3n) is 5.80. The van der Waals surface area contributed by atoms with Crippen LogP contribution in [-0.2, 0) is 12.0 Å². The third-order valence-corrected chi connectivity index (χ3v) is 5.80. The summed E-state index contributed by atoms with van der Waals surface area (Å²) in [5, 5.41) is 11.4. The molecule has 2 nitrogen and oxygen atoms in total. The Labute approximate surface area is 120 Å². The maximum Gasteiger partial charge on any atom is 0.126 e. The van der Waals surface area contributed by atoms with Crippen LogP contribution >= 0.6 is 0 Å². The van der Waals surface area contributed by atoms with Gasteiger partial charge in [-0.1, -0.05) is 31.9 Å². The van der Waals surface area contributed by atoms with Gasteiger partial charge in [0.1, 0.15) is 5.82 Å². The zero-order valence-electron chi connectivity index (χ0n) is 12.2. The van der Waals surface area contributed by atoms with Crippen molar-refractivity contribution in [2.45, 2.75) is 51.0 Å². The molecule has 0 amide bonds. The van der Waals surface area contributed by atoms with Crippen molar-refractivity contribution in [3.63, 3.8) is 0 Å². The summed E-state index contributed by atoms with van der Waals surface area (Å²) in [6.07, 6.45) is 5.31. The number of aliphatic hydroxyl groups is 1. The first-order chi connectivity index (χ1) is 9.52. The van der Waals surface area contributed by atoms with Gasteiger partial charge >= 0.3 is 0 Å². The number of rotatable bonds is 2. The molecule has 2 aliphatic rings. The molecule has 2 aliphatic carbocycles. The van der Waals surface area contributed by atoms with E-state index in [1.54, 1.807) is 6.07 Å². The van der Waals surface area contributed by atoms with E-state index in [2.05, 4.69) is 6.92 Å². The molecule has 0 aromatic heterocycles. The smallest absolute Gasteiger partial charge is 0.126 e. The average molecular weight is 277 g/mol. The van der Waals surface area contributed by atoms with Gasteiger partial charge in [-0.15, -0.1) is 0 Å². The van der Waals surface area contributed by atoms with Crippen LogP contribution in [0.5, 0.6) is 0 Å². The summed E-state index contributed by atoms with van der Waals surface area (Å²) in [6.45, 7) is 2.74. The zero-order chi connectivity index (χ0) is 14.4. The Morgan fingerprint density at radius 2 is 2.00 bits per heavy atom. The molecule has 3 heteroatoms. The van der Waals surface area contributed by atoms with Crippen molar-refractivity contribution >= 4 is 0 Å². The molecule has 1 fully saturated rings. The minimum absolute atomic E-state index is 0.185. The van der Waals surface area contributed by atoms with Crippen molar-refractivity contribution in [1.82, 2.24) is 0 Å². The second-order valence-corrected chi connectivity index (χ2v) is 6.79. The number of halogens is 1. The van der Waals surface area contributed by atoms with Gasteiger partial charge in [-0.05, 0) is 48.8 Å². The van der Waals surface area contributed by atoms with Crippen LogP contribution in [0.4, 0.5) is 4.39 Å². The molecular weight excluding hydrogens is 253 g/mol. The van der Waals surface area contributed by atoms with E-state index < -0.39 is 5.60 Å². The van der Waals surface area contributed by atoms with Crippen molar-refractivity contribution in [2.75, 3.05) is 6.54 Å². The highest BCUT2D eigenvalue weighted by Gasteiger charge is 2.54. The molecular formula is C17H24FNO. The molecule has 3 rings (SSSR count). The molecule has 0 spiro atoms. The molecule has 0 bridgehead atoms. The maximum absolute atomic E-state index is 13.9. The SMILES string of the molecule is CC1CCC(CN)(C2(O)CCc3c(F)cccc32)CC1. The lowest BCUT2D eigenvalue weighted by atomic mass is 9.59. The van der Waals surface area contributed by atoms with Crippen LogP contribution in [0.3, 0.4) is 0 Å². The maximum atomic E-state index is 13.9. The standard InChI is InChI=1S/C17H24FNO/c1-12-5-8-16(11-19,9-6-12)17(20)10-7-13-14(17)3-2-4-15(13)18/h2-4,12,20H,5-11,19H2,1H3. The normalized spacial score (nSPS) is 36.9. The molecule has 0 heterocycles. The van der Waals surface area contributed by atoms with E-state index in [0.717, 1.165) is 31.2 Å². The summed E-state index contributed by atoms with van der Waals surface area (Å²) in [5.41, 5.74) is 6.35. The van der Waals surface area contributed by atoms with Crippen molar-refractivity contribution < 1.29 is 9.50 Å². The summed E-state index contributed by atoms with van der Waals surface area (Å²) < 4.78 is 13.9. The van der Waals surface area contributed by atoms with Crippen molar-refractivity contribution in [2.24, 2.45) is 17.1 Å². The largest absolute Gasteiger partial charge is 0.385 e. The lowest BCUT2D eigenvalue weighted by Crippen LogP contribution is -2.51. The predicted molar refractivity (Wildman–Crippen MR) is 77.7 cm³/mol. The quantitative estimate of drug-likeness (QED) is 0.872. The minimum atomic E-state index is -0.945. The van der Waals surface area contributed by atoms with E-state index in [4.69, 9.17) is 5.73 Å². The van der Waals surface area contributed by atoms with Gasteiger partial charge < -0.3 is 10.8 Å².